The summed E-state index contributed by atoms with van der Waals surface area (Å²) in [5.41, 5.74) is 0.895. The average Bonchev–Trinajstić information content (AvgIpc) is 2.35. The quantitative estimate of drug-likeness (QED) is 0.492. The smallest absolute Gasteiger partial charge is 0.310 e. The van der Waals surface area contributed by atoms with Crippen LogP contribution in [0, 0.1) is 10.1 Å². The number of nitrogens with zero attached hydrogens (tertiary/aromatic N) is 1. The molecule has 0 aliphatic carbocycles. The zero-order valence-electron chi connectivity index (χ0n) is 12.5. The number of nitrogens with one attached hydrogen (secondary N) is 1. The maximum Gasteiger partial charge on any atom is 0.310 e. The van der Waals surface area contributed by atoms with Crippen molar-refractivity contribution in [2.24, 2.45) is 0 Å². The molecule has 0 heterocycles. The van der Waals surface area contributed by atoms with E-state index < -0.39 is 4.92 Å². The molecule has 0 saturated carbocycles. The van der Waals surface area contributed by atoms with Gasteiger partial charge in [-0.15, -0.1) is 0 Å². The van der Waals surface area contributed by atoms with Crippen LogP contribution in [0.5, 0.6) is 5.75 Å². The van der Waals surface area contributed by atoms with E-state index in [1.165, 1.54) is 6.07 Å². The summed E-state index contributed by atoms with van der Waals surface area (Å²) < 4.78 is 5.54. The van der Waals surface area contributed by atoms with Gasteiger partial charge in [0.1, 0.15) is 6.10 Å². The predicted octanol–water partition coefficient (Wildman–Crippen LogP) is 3.44. The number of hydrogen-bond acceptors (Lipinski definition) is 4. The highest BCUT2D eigenvalue weighted by atomic mass is 16.6. The molecule has 20 heavy (non-hydrogen) atoms. The van der Waals surface area contributed by atoms with Crippen molar-refractivity contribution in [3.05, 3.63) is 46.5 Å². The van der Waals surface area contributed by atoms with Crippen molar-refractivity contribution in [3.8, 4) is 5.75 Å². The Labute approximate surface area is 119 Å². The minimum Gasteiger partial charge on any atom is -0.480 e. The van der Waals surface area contributed by atoms with Crippen molar-refractivity contribution in [3.63, 3.8) is 0 Å². The fourth-order valence-electron chi connectivity index (χ4n) is 1.53. The molecule has 0 radical (unpaired) electrons. The highest BCUT2D eigenvalue weighted by molar-refractivity contribution is 5.48. The summed E-state index contributed by atoms with van der Waals surface area (Å²) in [6.45, 7) is 12.2. The van der Waals surface area contributed by atoms with Gasteiger partial charge in [0, 0.05) is 18.2 Å². The van der Waals surface area contributed by atoms with Crippen molar-refractivity contribution >= 4 is 5.69 Å². The first kappa shape index (κ1) is 16.2. The second-order valence-corrected chi connectivity index (χ2v) is 5.72. The van der Waals surface area contributed by atoms with Gasteiger partial charge >= 0.3 is 5.69 Å². The third kappa shape index (κ3) is 5.01. The summed E-state index contributed by atoms with van der Waals surface area (Å²) in [5, 5.41) is 14.3. The van der Waals surface area contributed by atoms with E-state index in [0.29, 0.717) is 6.54 Å². The lowest BCUT2D eigenvalue weighted by molar-refractivity contribution is -0.386. The first-order valence-corrected chi connectivity index (χ1v) is 6.54. The van der Waals surface area contributed by atoms with Crippen LogP contribution in [-0.2, 0) is 6.54 Å². The number of nitro groups is 1. The third-order valence-electron chi connectivity index (χ3n) is 2.69. The Morgan fingerprint density at radius 1 is 1.50 bits per heavy atom. The third-order valence-corrected chi connectivity index (χ3v) is 2.69. The van der Waals surface area contributed by atoms with Crippen LogP contribution in [0.25, 0.3) is 0 Å². The molecule has 1 atom stereocenters. The molecule has 0 saturated heterocycles. The van der Waals surface area contributed by atoms with Gasteiger partial charge in [-0.1, -0.05) is 18.7 Å². The monoisotopic (exact) mass is 278 g/mol. The van der Waals surface area contributed by atoms with E-state index in [0.717, 1.165) is 5.56 Å². The van der Waals surface area contributed by atoms with Gasteiger partial charge in [-0.3, -0.25) is 10.1 Å². The summed E-state index contributed by atoms with van der Waals surface area (Å²) in [6.07, 6.45) is 1.32. The van der Waals surface area contributed by atoms with Gasteiger partial charge in [0.25, 0.3) is 0 Å². The van der Waals surface area contributed by atoms with E-state index >= 15 is 0 Å². The van der Waals surface area contributed by atoms with E-state index in [1.807, 2.05) is 0 Å². The van der Waals surface area contributed by atoms with Crippen LogP contribution in [0.1, 0.15) is 33.3 Å². The highest BCUT2D eigenvalue weighted by Gasteiger charge is 2.17. The highest BCUT2D eigenvalue weighted by Crippen LogP contribution is 2.29. The lowest BCUT2D eigenvalue weighted by atomic mass is 10.1. The van der Waals surface area contributed by atoms with Crippen molar-refractivity contribution < 1.29 is 9.66 Å². The van der Waals surface area contributed by atoms with E-state index in [1.54, 1.807) is 25.1 Å². The normalized spacial score (nSPS) is 12.8. The van der Waals surface area contributed by atoms with Gasteiger partial charge in [0.05, 0.1) is 4.92 Å². The zero-order valence-corrected chi connectivity index (χ0v) is 12.5. The van der Waals surface area contributed by atoms with E-state index in [4.69, 9.17) is 4.74 Å². The summed E-state index contributed by atoms with van der Waals surface area (Å²) in [7, 11) is 0. The number of ether oxygens (including phenoxy) is 1. The molecule has 0 amide bonds. The Morgan fingerprint density at radius 2 is 2.15 bits per heavy atom. The van der Waals surface area contributed by atoms with Gasteiger partial charge in [-0.05, 0) is 39.3 Å². The number of nitro benzene ring substituents is 1. The molecule has 1 aromatic rings. The van der Waals surface area contributed by atoms with Crippen LogP contribution in [0.15, 0.2) is 30.9 Å². The lowest BCUT2D eigenvalue weighted by Gasteiger charge is -2.21. The average molecular weight is 278 g/mol. The molecule has 0 aliphatic heterocycles. The largest absolute Gasteiger partial charge is 0.480 e. The van der Waals surface area contributed by atoms with Gasteiger partial charge in [-0.2, -0.15) is 0 Å². The van der Waals surface area contributed by atoms with Gasteiger partial charge in [-0.25, -0.2) is 0 Å². The van der Waals surface area contributed by atoms with Crippen LogP contribution in [0.2, 0.25) is 0 Å². The van der Waals surface area contributed by atoms with Crippen molar-refractivity contribution in [2.45, 2.75) is 45.9 Å². The van der Waals surface area contributed by atoms with Gasteiger partial charge < -0.3 is 10.1 Å². The summed E-state index contributed by atoms with van der Waals surface area (Å²) in [6, 6.07) is 4.92. The number of hydrogen-bond donors (Lipinski definition) is 1. The molecule has 0 aliphatic rings. The van der Waals surface area contributed by atoms with Crippen molar-refractivity contribution in [1.82, 2.24) is 5.32 Å². The Hall–Kier alpha value is -1.88. The summed E-state index contributed by atoms with van der Waals surface area (Å²) in [5.74, 6) is 0.274. The molecule has 110 valence electrons. The SMILES string of the molecule is C=CC(C)Oc1cc(CNC(C)(C)C)ccc1[N+](=O)[O-]. The summed E-state index contributed by atoms with van der Waals surface area (Å²) in [4.78, 5) is 10.6. The second kappa shape index (κ2) is 6.52. The Bertz CT molecular complexity index is 492. The first-order valence-electron chi connectivity index (χ1n) is 6.54. The number of rotatable bonds is 6. The molecule has 5 nitrogen and oxygen atoms in total. The van der Waals surface area contributed by atoms with Crippen LogP contribution in [0.4, 0.5) is 5.69 Å². The Balaban J connectivity index is 2.97. The number of benzene rings is 1. The van der Waals surface area contributed by atoms with Gasteiger partial charge in [0.2, 0.25) is 0 Å². The van der Waals surface area contributed by atoms with Crippen LogP contribution in [-0.4, -0.2) is 16.6 Å². The van der Waals surface area contributed by atoms with E-state index in [9.17, 15) is 10.1 Å². The minimum absolute atomic E-state index is 0.0167. The first-order chi connectivity index (χ1) is 9.23. The van der Waals surface area contributed by atoms with Crippen LogP contribution in [0.3, 0.4) is 0 Å². The second-order valence-electron chi connectivity index (χ2n) is 5.72. The zero-order chi connectivity index (χ0) is 15.3. The molecule has 5 heteroatoms. The van der Waals surface area contributed by atoms with E-state index in [2.05, 4.69) is 32.7 Å². The Kier molecular flexibility index (Phi) is 5.27. The minimum atomic E-state index is -0.438. The summed E-state index contributed by atoms with van der Waals surface area (Å²) >= 11 is 0. The Morgan fingerprint density at radius 3 is 2.65 bits per heavy atom. The maximum atomic E-state index is 11.0. The molecule has 0 spiro atoms. The standard InChI is InChI=1S/C15H22N2O3/c1-6-11(2)20-14-9-12(10-16-15(3,4)5)7-8-13(14)17(18)19/h6-9,11,16H,1,10H2,2-5H3. The predicted molar refractivity (Wildman–Crippen MR) is 80.0 cm³/mol. The molecule has 1 N–H and O–H groups in total. The molecule has 1 aromatic carbocycles. The fraction of sp³-hybridized carbons (Fsp3) is 0.467. The topological polar surface area (TPSA) is 64.4 Å². The molecule has 1 unspecified atom stereocenters. The van der Waals surface area contributed by atoms with Crippen molar-refractivity contribution in [1.29, 1.82) is 0 Å². The lowest BCUT2D eigenvalue weighted by Crippen LogP contribution is -2.35. The molecule has 0 aromatic heterocycles. The molecular formula is C15H22N2O3. The molecule has 0 fully saturated rings. The molecular weight excluding hydrogens is 256 g/mol. The van der Waals surface area contributed by atoms with Gasteiger partial charge in [0.15, 0.2) is 5.75 Å². The fourth-order valence-corrected chi connectivity index (χ4v) is 1.53. The van der Waals surface area contributed by atoms with E-state index in [-0.39, 0.29) is 23.1 Å². The van der Waals surface area contributed by atoms with Crippen LogP contribution >= 0.6 is 0 Å². The van der Waals surface area contributed by atoms with Crippen LogP contribution < -0.4 is 10.1 Å². The maximum absolute atomic E-state index is 11.0. The van der Waals surface area contributed by atoms with Crippen molar-refractivity contribution in [2.75, 3.05) is 0 Å². The molecule has 0 bridgehead atoms. The molecule has 1 rings (SSSR count).